The van der Waals surface area contributed by atoms with E-state index in [2.05, 4.69) is 0 Å². The minimum absolute atomic E-state index is 0.190. The highest BCUT2D eigenvalue weighted by Crippen LogP contribution is 2.03. The number of carbonyl (C=O) groups is 1. The number of amides is 1. The number of hydrogen-bond donors (Lipinski definition) is 2. The van der Waals surface area contributed by atoms with Gasteiger partial charge in [0.25, 0.3) is 0 Å². The molecule has 1 aromatic carbocycles. The largest absolute Gasteiger partial charge is 0.391 e. The number of rotatable bonds is 7. The van der Waals surface area contributed by atoms with Crippen molar-refractivity contribution in [2.75, 3.05) is 6.61 Å². The maximum Gasteiger partial charge on any atom is 0.217 e. The third kappa shape index (κ3) is 5.48. The number of hydrogen-bond acceptors (Lipinski definition) is 3. The molecular weight excluding hydrogens is 206 g/mol. The third-order valence-electron chi connectivity index (χ3n) is 2.15. The van der Waals surface area contributed by atoms with Crippen LogP contribution >= 0.6 is 0 Å². The second-order valence-electron chi connectivity index (χ2n) is 3.66. The fraction of sp³-hybridized carbons (Fsp3) is 0.417. The Balaban J connectivity index is 2.13. The molecule has 0 spiro atoms. The SMILES string of the molecule is NC(=O)CCC(O)COCc1ccccc1. The molecule has 0 bridgehead atoms. The fourth-order valence-corrected chi connectivity index (χ4v) is 1.28. The first-order valence-corrected chi connectivity index (χ1v) is 5.26. The number of aliphatic hydroxyl groups is 1. The molecular formula is C12H17NO3. The van der Waals surface area contributed by atoms with Crippen molar-refractivity contribution in [3.05, 3.63) is 35.9 Å². The molecule has 0 saturated carbocycles. The van der Waals surface area contributed by atoms with Gasteiger partial charge in [-0.15, -0.1) is 0 Å². The van der Waals surface area contributed by atoms with Gasteiger partial charge in [0.05, 0.1) is 19.3 Å². The molecule has 0 saturated heterocycles. The van der Waals surface area contributed by atoms with Gasteiger partial charge in [-0.1, -0.05) is 30.3 Å². The zero-order valence-corrected chi connectivity index (χ0v) is 9.13. The van der Waals surface area contributed by atoms with E-state index in [0.717, 1.165) is 5.56 Å². The van der Waals surface area contributed by atoms with Crippen molar-refractivity contribution in [1.82, 2.24) is 0 Å². The second kappa shape index (κ2) is 6.98. The predicted octanol–water partition coefficient (Wildman–Crippen LogP) is 0.830. The number of primary amides is 1. The van der Waals surface area contributed by atoms with Gasteiger partial charge in [-0.3, -0.25) is 4.79 Å². The molecule has 1 atom stereocenters. The van der Waals surface area contributed by atoms with Crippen molar-refractivity contribution in [2.45, 2.75) is 25.6 Å². The summed E-state index contributed by atoms with van der Waals surface area (Å²) in [7, 11) is 0. The highest BCUT2D eigenvalue weighted by atomic mass is 16.5. The summed E-state index contributed by atoms with van der Waals surface area (Å²) in [6.07, 6.45) is -0.0869. The first-order chi connectivity index (χ1) is 7.68. The zero-order valence-electron chi connectivity index (χ0n) is 9.13. The highest BCUT2D eigenvalue weighted by molar-refractivity contribution is 5.73. The average Bonchev–Trinajstić information content (AvgIpc) is 2.28. The van der Waals surface area contributed by atoms with E-state index in [1.54, 1.807) is 0 Å². The summed E-state index contributed by atoms with van der Waals surface area (Å²) in [5.41, 5.74) is 6.03. The van der Waals surface area contributed by atoms with Crippen LogP contribution in [0.4, 0.5) is 0 Å². The molecule has 0 aliphatic rings. The van der Waals surface area contributed by atoms with Crippen molar-refractivity contribution in [1.29, 1.82) is 0 Å². The number of ether oxygens (including phenoxy) is 1. The molecule has 4 nitrogen and oxygen atoms in total. The van der Waals surface area contributed by atoms with Crippen LogP contribution in [-0.4, -0.2) is 23.7 Å². The Morgan fingerprint density at radius 1 is 1.38 bits per heavy atom. The van der Waals surface area contributed by atoms with Crippen molar-refractivity contribution < 1.29 is 14.6 Å². The maximum absolute atomic E-state index is 10.5. The van der Waals surface area contributed by atoms with Crippen LogP contribution < -0.4 is 5.73 Å². The predicted molar refractivity (Wildman–Crippen MR) is 60.5 cm³/mol. The lowest BCUT2D eigenvalue weighted by atomic mass is 10.2. The van der Waals surface area contributed by atoms with Crippen LogP contribution in [0.25, 0.3) is 0 Å². The molecule has 0 aliphatic carbocycles. The first kappa shape index (κ1) is 12.7. The van der Waals surface area contributed by atoms with E-state index < -0.39 is 12.0 Å². The molecule has 3 N–H and O–H groups in total. The molecule has 0 heterocycles. The summed E-state index contributed by atoms with van der Waals surface area (Å²) in [5.74, 6) is -0.401. The lowest BCUT2D eigenvalue weighted by molar-refractivity contribution is -0.118. The third-order valence-corrected chi connectivity index (χ3v) is 2.15. The Morgan fingerprint density at radius 3 is 2.69 bits per heavy atom. The van der Waals surface area contributed by atoms with Crippen molar-refractivity contribution in [2.24, 2.45) is 5.73 Å². The van der Waals surface area contributed by atoms with Crippen LogP contribution in [0.15, 0.2) is 30.3 Å². The van der Waals surface area contributed by atoms with Crippen LogP contribution in [0, 0.1) is 0 Å². The number of nitrogens with two attached hydrogens (primary N) is 1. The van der Waals surface area contributed by atoms with Gasteiger partial charge in [-0.05, 0) is 12.0 Å². The molecule has 0 aliphatic heterocycles. The van der Waals surface area contributed by atoms with E-state index >= 15 is 0 Å². The Morgan fingerprint density at radius 2 is 2.06 bits per heavy atom. The van der Waals surface area contributed by atoms with Gasteiger partial charge in [-0.25, -0.2) is 0 Å². The van der Waals surface area contributed by atoms with E-state index in [-0.39, 0.29) is 13.0 Å². The monoisotopic (exact) mass is 223 g/mol. The zero-order chi connectivity index (χ0) is 11.8. The molecule has 0 radical (unpaired) electrons. The normalized spacial score (nSPS) is 12.3. The van der Waals surface area contributed by atoms with Gasteiger partial charge < -0.3 is 15.6 Å². The fourth-order valence-electron chi connectivity index (χ4n) is 1.28. The van der Waals surface area contributed by atoms with Crippen LogP contribution in [0.1, 0.15) is 18.4 Å². The molecule has 1 rings (SSSR count). The topological polar surface area (TPSA) is 72.6 Å². The van der Waals surface area contributed by atoms with E-state index in [1.165, 1.54) is 0 Å². The van der Waals surface area contributed by atoms with E-state index in [0.29, 0.717) is 13.0 Å². The van der Waals surface area contributed by atoms with Gasteiger partial charge >= 0.3 is 0 Å². The summed E-state index contributed by atoms with van der Waals surface area (Å²) in [5, 5.41) is 9.44. The van der Waals surface area contributed by atoms with Gasteiger partial charge in [-0.2, -0.15) is 0 Å². The lowest BCUT2D eigenvalue weighted by Gasteiger charge is -2.10. The molecule has 88 valence electrons. The number of benzene rings is 1. The molecule has 0 aromatic heterocycles. The number of carbonyl (C=O) groups excluding carboxylic acids is 1. The van der Waals surface area contributed by atoms with E-state index in [9.17, 15) is 9.90 Å². The molecule has 1 aromatic rings. The van der Waals surface area contributed by atoms with Gasteiger partial charge in [0.15, 0.2) is 0 Å². The Bertz CT molecular complexity index is 313. The minimum Gasteiger partial charge on any atom is -0.391 e. The van der Waals surface area contributed by atoms with Crippen molar-refractivity contribution >= 4 is 5.91 Å². The summed E-state index contributed by atoms with van der Waals surface area (Å²) in [6.45, 7) is 0.691. The van der Waals surface area contributed by atoms with Crippen LogP contribution in [-0.2, 0) is 16.1 Å². The van der Waals surface area contributed by atoms with E-state index in [4.69, 9.17) is 10.5 Å². The average molecular weight is 223 g/mol. The minimum atomic E-state index is -0.629. The molecule has 1 unspecified atom stereocenters. The van der Waals surface area contributed by atoms with Gasteiger partial charge in [0.2, 0.25) is 5.91 Å². The standard InChI is InChI=1S/C12H17NO3/c13-12(15)7-6-11(14)9-16-8-10-4-2-1-3-5-10/h1-5,11,14H,6-9H2,(H2,13,15). The summed E-state index contributed by atoms with van der Waals surface area (Å²) in [6, 6.07) is 9.71. The first-order valence-electron chi connectivity index (χ1n) is 5.26. The summed E-state index contributed by atoms with van der Waals surface area (Å²) < 4.78 is 5.31. The van der Waals surface area contributed by atoms with Crippen LogP contribution in [0.5, 0.6) is 0 Å². The second-order valence-corrected chi connectivity index (χ2v) is 3.66. The molecule has 4 heteroatoms. The quantitative estimate of drug-likeness (QED) is 0.719. The highest BCUT2D eigenvalue weighted by Gasteiger charge is 2.06. The molecule has 1 amide bonds. The Hall–Kier alpha value is -1.39. The molecule has 0 fully saturated rings. The summed E-state index contributed by atoms with van der Waals surface area (Å²) in [4.78, 5) is 10.5. The van der Waals surface area contributed by atoms with Crippen molar-refractivity contribution in [3.63, 3.8) is 0 Å². The Labute approximate surface area is 95.0 Å². The lowest BCUT2D eigenvalue weighted by Crippen LogP contribution is -2.19. The smallest absolute Gasteiger partial charge is 0.217 e. The van der Waals surface area contributed by atoms with Gasteiger partial charge in [0.1, 0.15) is 0 Å². The van der Waals surface area contributed by atoms with Gasteiger partial charge in [0, 0.05) is 6.42 Å². The number of aliphatic hydroxyl groups excluding tert-OH is 1. The van der Waals surface area contributed by atoms with E-state index in [1.807, 2.05) is 30.3 Å². The van der Waals surface area contributed by atoms with Crippen LogP contribution in [0.3, 0.4) is 0 Å². The van der Waals surface area contributed by atoms with Crippen molar-refractivity contribution in [3.8, 4) is 0 Å². The summed E-state index contributed by atoms with van der Waals surface area (Å²) >= 11 is 0. The maximum atomic E-state index is 10.5. The van der Waals surface area contributed by atoms with Crippen LogP contribution in [0.2, 0.25) is 0 Å². The Kier molecular flexibility index (Phi) is 5.53. The molecule has 16 heavy (non-hydrogen) atoms.